The van der Waals surface area contributed by atoms with E-state index in [1.165, 1.54) is 41.5 Å². The molecule has 1 aliphatic rings. The summed E-state index contributed by atoms with van der Waals surface area (Å²) in [7, 11) is 8.01. The van der Waals surface area contributed by atoms with Crippen LogP contribution in [-0.4, -0.2) is 19.9 Å². The molecule has 0 bridgehead atoms. The second-order valence-electron chi connectivity index (χ2n) is 27.7. The largest absolute Gasteiger partial charge is 0.287 e. The van der Waals surface area contributed by atoms with Gasteiger partial charge in [-0.1, -0.05) is 78.3 Å². The number of halogens is 4. The lowest BCUT2D eigenvalue weighted by Gasteiger charge is -2.25. The third-order valence-electron chi connectivity index (χ3n) is 21.0. The molecule has 512 valence electrons. The highest BCUT2D eigenvalue weighted by atomic mass is 19.1. The molecule has 0 spiro atoms. The Bertz CT molecular complexity index is 4890. The summed E-state index contributed by atoms with van der Waals surface area (Å²) in [5, 5.41) is 4.51. The number of para-hydroxylation sites is 1. The van der Waals surface area contributed by atoms with Crippen LogP contribution in [0.1, 0.15) is 190 Å². The topological polar surface area (TPSA) is 67.1 Å². The maximum absolute atomic E-state index is 13.9. The van der Waals surface area contributed by atoms with Gasteiger partial charge in [-0.2, -0.15) is 0 Å². The van der Waals surface area contributed by atoms with Crippen LogP contribution in [0.5, 0.6) is 0 Å². The third-order valence-corrected chi connectivity index (χ3v) is 21.0. The van der Waals surface area contributed by atoms with Crippen LogP contribution in [0.25, 0.3) is 88.6 Å². The van der Waals surface area contributed by atoms with Crippen LogP contribution in [0.3, 0.4) is 0 Å². The SMILES string of the molecule is CCC(CC)c1ccc2c(-c3cc(C)c(F)cc3C)[n+](C)cnc2c1.CCC(CC)c1ccc2nc[n+](C)c(-c3cc(C)c(F)cc3C)c2c1.CCC(CC)c1cccc2c(-c3cc(C)c(F)cc3C)[n+](C)cnc12.Cc1cc(-c2c3cc(C4CCC4)ccc3nc[n+]2C)c(C)cc1F. The highest BCUT2D eigenvalue weighted by Gasteiger charge is 2.27. The Morgan fingerprint density at radius 2 is 0.717 bits per heavy atom. The molecule has 1 fully saturated rings. The number of nitrogens with zero attached hydrogens (tertiary/aromatic N) is 8. The average Bonchev–Trinajstić information content (AvgIpc) is 0.792. The van der Waals surface area contributed by atoms with E-state index in [9.17, 15) is 17.6 Å². The first kappa shape index (κ1) is 72.6. The number of aromatic nitrogens is 8. The standard InChI is InChI=1S/3C22H26FN2.C21H22FN2/c1-6-16(7-2)17-8-9-21-19(12-17)22(25(5)13-24-21)18-10-15(4)20(23)11-14(18)3;1-6-16(7-2)17-8-9-18-21(12-17)24-13-25(5)22(18)19-10-15(4)20(23)11-14(19)3;1-6-16(7-2)17-9-8-10-18-21(17)24-13-25(5)22(18)19-11-15(4)20(23)12-14(19)3;1-13-10-19(22)14(2)9-17(13)21-18-11-16(15-5-4-6-15)7-8-20(18)23-12-24(21)3/h3*8-13,16H,6-7H2,1-5H3;7-12,15H,4-6H2,1-3H3/q4*+1. The molecule has 0 unspecified atom stereocenters. The predicted molar refractivity (Wildman–Crippen MR) is 398 cm³/mol. The van der Waals surface area contributed by atoms with Gasteiger partial charge in [0.1, 0.15) is 46.0 Å². The van der Waals surface area contributed by atoms with Gasteiger partial charge in [0, 0.05) is 27.8 Å². The fourth-order valence-electron chi connectivity index (χ4n) is 14.6. The van der Waals surface area contributed by atoms with Gasteiger partial charge < -0.3 is 0 Å². The maximum atomic E-state index is 13.9. The predicted octanol–water partition coefficient (Wildman–Crippen LogP) is 20.9. The molecule has 99 heavy (non-hydrogen) atoms. The normalized spacial score (nSPS) is 12.3. The van der Waals surface area contributed by atoms with E-state index in [0.29, 0.717) is 45.9 Å². The minimum Gasteiger partial charge on any atom is -0.232 e. The molecular weight excluding hydrogens is 1230 g/mol. The Labute approximate surface area is 584 Å². The zero-order valence-corrected chi connectivity index (χ0v) is 61.6. The van der Waals surface area contributed by atoms with E-state index in [0.717, 1.165) is 149 Å². The van der Waals surface area contributed by atoms with Crippen LogP contribution < -0.4 is 18.3 Å². The summed E-state index contributed by atoms with van der Waals surface area (Å²) in [6, 6.07) is 40.5. The number of hydrogen-bond donors (Lipinski definition) is 0. The first-order valence-corrected chi connectivity index (χ1v) is 35.6. The zero-order valence-electron chi connectivity index (χ0n) is 61.6. The van der Waals surface area contributed by atoms with Crippen molar-refractivity contribution in [3.63, 3.8) is 0 Å². The van der Waals surface area contributed by atoms with E-state index in [2.05, 4.69) is 129 Å². The molecule has 12 aromatic rings. The molecule has 13 rings (SSSR count). The van der Waals surface area contributed by atoms with Crippen molar-refractivity contribution in [2.45, 2.75) is 178 Å². The van der Waals surface area contributed by atoms with Crippen LogP contribution in [0.4, 0.5) is 17.6 Å². The van der Waals surface area contributed by atoms with E-state index < -0.39 is 0 Å². The molecule has 1 saturated carbocycles. The quantitative estimate of drug-likeness (QED) is 0.0804. The lowest BCUT2D eigenvalue weighted by atomic mass is 9.79. The van der Waals surface area contributed by atoms with Crippen LogP contribution >= 0.6 is 0 Å². The van der Waals surface area contributed by atoms with Crippen molar-refractivity contribution in [3.05, 3.63) is 237 Å². The summed E-state index contributed by atoms with van der Waals surface area (Å²) in [6.07, 6.45) is 18.0. The lowest BCUT2D eigenvalue weighted by molar-refractivity contribution is -0.662. The summed E-state index contributed by atoms with van der Waals surface area (Å²) in [4.78, 5) is 18.5. The van der Waals surface area contributed by atoms with Gasteiger partial charge in [-0.05, 0) is 303 Å². The zero-order chi connectivity index (χ0) is 71.3. The van der Waals surface area contributed by atoms with E-state index in [1.807, 2.05) is 151 Å². The Morgan fingerprint density at radius 1 is 0.354 bits per heavy atom. The van der Waals surface area contributed by atoms with Crippen molar-refractivity contribution in [3.8, 4) is 45.0 Å². The van der Waals surface area contributed by atoms with Crippen LogP contribution in [-0.2, 0) is 28.2 Å². The van der Waals surface area contributed by atoms with Gasteiger partial charge in [0.05, 0.1) is 49.7 Å². The van der Waals surface area contributed by atoms with Crippen molar-refractivity contribution >= 4 is 43.6 Å². The summed E-state index contributed by atoms with van der Waals surface area (Å²) in [6.45, 7) is 28.5. The second-order valence-corrected chi connectivity index (χ2v) is 27.7. The van der Waals surface area contributed by atoms with E-state index >= 15 is 0 Å². The fraction of sp³-hybridized carbons (Fsp3) is 0.356. The Kier molecular flexibility index (Phi) is 23.0. The molecule has 1 aliphatic carbocycles. The first-order chi connectivity index (χ1) is 47.4. The molecule has 8 nitrogen and oxygen atoms in total. The Hall–Kier alpha value is -9.16. The van der Waals surface area contributed by atoms with Crippen molar-refractivity contribution < 1.29 is 35.8 Å². The fourth-order valence-corrected chi connectivity index (χ4v) is 14.6. The van der Waals surface area contributed by atoms with E-state index in [4.69, 9.17) is 4.98 Å². The molecule has 4 aromatic heterocycles. The van der Waals surface area contributed by atoms with Crippen LogP contribution in [0.15, 0.2) is 147 Å². The highest BCUT2D eigenvalue weighted by molar-refractivity contribution is 5.95. The Morgan fingerprint density at radius 3 is 1.13 bits per heavy atom. The molecule has 4 heterocycles. The second kappa shape index (κ2) is 31.4. The Balaban J connectivity index is 0.000000143. The molecule has 12 heteroatoms. The molecule has 0 saturated heterocycles. The summed E-state index contributed by atoms with van der Waals surface area (Å²) in [5.74, 6) is 1.71. The molecule has 8 aromatic carbocycles. The summed E-state index contributed by atoms with van der Waals surface area (Å²) >= 11 is 0. The molecule has 0 N–H and O–H groups in total. The van der Waals surface area contributed by atoms with Crippen molar-refractivity contribution in [2.75, 3.05) is 0 Å². The van der Waals surface area contributed by atoms with Gasteiger partial charge in [-0.25, -0.2) is 35.8 Å². The third kappa shape index (κ3) is 15.2. The molecule has 0 aliphatic heterocycles. The summed E-state index contributed by atoms with van der Waals surface area (Å²) in [5.41, 5.74) is 24.5. The molecule has 0 amide bonds. The van der Waals surface area contributed by atoms with Gasteiger partial charge in [0.25, 0.3) is 25.3 Å². The average molecular weight is 1330 g/mol. The van der Waals surface area contributed by atoms with Crippen LogP contribution in [0.2, 0.25) is 0 Å². The molecule has 0 radical (unpaired) electrons. The number of fused-ring (bicyclic) bond motifs is 4. The van der Waals surface area contributed by atoms with Crippen molar-refractivity contribution in [1.82, 2.24) is 19.9 Å². The van der Waals surface area contributed by atoms with E-state index in [-0.39, 0.29) is 23.3 Å². The van der Waals surface area contributed by atoms with Gasteiger partial charge in [-0.3, -0.25) is 0 Å². The summed E-state index contributed by atoms with van der Waals surface area (Å²) < 4.78 is 63.8. The van der Waals surface area contributed by atoms with Crippen molar-refractivity contribution in [2.24, 2.45) is 28.2 Å². The van der Waals surface area contributed by atoms with Crippen LogP contribution in [0, 0.1) is 78.7 Å². The highest BCUT2D eigenvalue weighted by Crippen LogP contribution is 2.40. The smallest absolute Gasteiger partial charge is 0.232 e. The minimum atomic E-state index is -0.154. The number of aryl methyl sites for hydroxylation is 12. The van der Waals surface area contributed by atoms with Gasteiger partial charge in [0.15, 0.2) is 22.1 Å². The van der Waals surface area contributed by atoms with Gasteiger partial charge in [-0.15, -0.1) is 0 Å². The number of rotatable bonds is 14. The number of hydrogen-bond acceptors (Lipinski definition) is 4. The van der Waals surface area contributed by atoms with E-state index in [1.54, 1.807) is 24.3 Å². The molecular formula is C87H100F4N8+4. The monoisotopic (exact) mass is 1330 g/mol. The molecule has 0 atom stereocenters. The van der Waals surface area contributed by atoms with Gasteiger partial charge >= 0.3 is 0 Å². The van der Waals surface area contributed by atoms with Gasteiger partial charge in [0.2, 0.25) is 0 Å². The number of benzene rings is 8. The maximum Gasteiger partial charge on any atom is 0.287 e. The van der Waals surface area contributed by atoms with Crippen molar-refractivity contribution in [1.29, 1.82) is 0 Å². The minimum absolute atomic E-state index is 0.146. The lowest BCUT2D eigenvalue weighted by Crippen LogP contribution is -2.32. The first-order valence-electron chi connectivity index (χ1n) is 35.6.